The second-order valence-electron chi connectivity index (χ2n) is 4.49. The average molecular weight is 281 g/mol. The quantitative estimate of drug-likeness (QED) is 0.651. The minimum atomic E-state index is -0.291. The number of para-hydroxylation sites is 1. The van der Waals surface area contributed by atoms with Gasteiger partial charge >= 0.3 is 0 Å². The molecule has 0 amide bonds. The number of phenols is 1. The highest BCUT2D eigenvalue weighted by Gasteiger charge is 2.06. The lowest BCUT2D eigenvalue weighted by atomic mass is 10.1. The molecule has 0 spiro atoms. The summed E-state index contributed by atoms with van der Waals surface area (Å²) in [5.41, 5.74) is 1.65. The zero-order valence-corrected chi connectivity index (χ0v) is 11.5. The van der Waals surface area contributed by atoms with Crippen molar-refractivity contribution in [2.45, 2.75) is 6.92 Å². The molecular formula is C17H15NO3. The molecule has 106 valence electrons. The number of carbonyl (C=O) groups is 2. The fraction of sp³-hybridized carbons (Fsp3) is 0.0588. The molecule has 0 saturated carbocycles. The average Bonchev–Trinajstić information content (AvgIpc) is 2.48. The number of phenolic OH excluding ortho intramolecular Hbond substituents is 1. The predicted molar refractivity (Wildman–Crippen MR) is 81.6 cm³/mol. The van der Waals surface area contributed by atoms with Gasteiger partial charge in [0, 0.05) is 23.5 Å². The van der Waals surface area contributed by atoms with Crippen LogP contribution in [0.5, 0.6) is 5.75 Å². The maximum absolute atomic E-state index is 11.9. The number of aromatic hydroxyl groups is 1. The van der Waals surface area contributed by atoms with E-state index in [4.69, 9.17) is 0 Å². The number of nitrogens with one attached hydrogen (secondary N) is 1. The van der Waals surface area contributed by atoms with Crippen LogP contribution in [-0.2, 0) is 0 Å². The van der Waals surface area contributed by atoms with E-state index in [1.165, 1.54) is 25.3 Å². The van der Waals surface area contributed by atoms with Crippen molar-refractivity contribution < 1.29 is 14.7 Å². The summed E-state index contributed by atoms with van der Waals surface area (Å²) in [6.07, 6.45) is 2.84. The van der Waals surface area contributed by atoms with Crippen molar-refractivity contribution in [3.8, 4) is 5.75 Å². The molecule has 2 rings (SSSR count). The molecule has 2 aromatic carbocycles. The number of rotatable bonds is 5. The van der Waals surface area contributed by atoms with Crippen molar-refractivity contribution in [1.29, 1.82) is 0 Å². The molecule has 0 heterocycles. The van der Waals surface area contributed by atoms with E-state index in [9.17, 15) is 14.7 Å². The van der Waals surface area contributed by atoms with E-state index in [-0.39, 0.29) is 22.9 Å². The van der Waals surface area contributed by atoms with Crippen LogP contribution in [-0.4, -0.2) is 16.7 Å². The van der Waals surface area contributed by atoms with Crippen LogP contribution in [0.3, 0.4) is 0 Å². The van der Waals surface area contributed by atoms with Crippen LogP contribution in [0.1, 0.15) is 27.6 Å². The second-order valence-corrected chi connectivity index (χ2v) is 4.49. The fourth-order valence-electron chi connectivity index (χ4n) is 1.79. The summed E-state index contributed by atoms with van der Waals surface area (Å²) in [6.45, 7) is 1.51. The van der Waals surface area contributed by atoms with E-state index < -0.39 is 0 Å². The summed E-state index contributed by atoms with van der Waals surface area (Å²) in [6, 6.07) is 13.3. The van der Waals surface area contributed by atoms with Gasteiger partial charge in [-0.1, -0.05) is 12.1 Å². The number of allylic oxidation sites excluding steroid dienone is 1. The van der Waals surface area contributed by atoms with E-state index in [1.807, 2.05) is 0 Å². The van der Waals surface area contributed by atoms with Gasteiger partial charge in [-0.25, -0.2) is 0 Å². The number of ketones is 2. The lowest BCUT2D eigenvalue weighted by molar-refractivity contribution is 0.101. The zero-order valence-electron chi connectivity index (χ0n) is 11.5. The van der Waals surface area contributed by atoms with E-state index >= 15 is 0 Å². The molecule has 0 aromatic heterocycles. The Hall–Kier alpha value is -2.88. The molecule has 2 aromatic rings. The summed E-state index contributed by atoms with van der Waals surface area (Å²) >= 11 is 0. The first kappa shape index (κ1) is 14.5. The minimum Gasteiger partial charge on any atom is -0.507 e. The van der Waals surface area contributed by atoms with Crippen LogP contribution in [0.2, 0.25) is 0 Å². The lowest BCUT2D eigenvalue weighted by Crippen LogP contribution is -1.97. The van der Waals surface area contributed by atoms with Crippen LogP contribution >= 0.6 is 0 Å². The van der Waals surface area contributed by atoms with E-state index in [1.54, 1.807) is 42.5 Å². The minimum absolute atomic E-state index is 0.00632. The maximum Gasteiger partial charge on any atom is 0.190 e. The largest absolute Gasteiger partial charge is 0.507 e. The van der Waals surface area contributed by atoms with E-state index in [0.29, 0.717) is 5.56 Å². The van der Waals surface area contributed by atoms with Crippen molar-refractivity contribution in [1.82, 2.24) is 0 Å². The first-order valence-electron chi connectivity index (χ1n) is 6.44. The van der Waals surface area contributed by atoms with Crippen LogP contribution in [0.15, 0.2) is 60.8 Å². The molecule has 0 radical (unpaired) electrons. The van der Waals surface area contributed by atoms with Crippen molar-refractivity contribution in [3.63, 3.8) is 0 Å². The molecule has 0 fully saturated rings. The van der Waals surface area contributed by atoms with Crippen molar-refractivity contribution in [2.24, 2.45) is 0 Å². The Morgan fingerprint density at radius 3 is 2.33 bits per heavy atom. The van der Waals surface area contributed by atoms with Crippen molar-refractivity contribution in [2.75, 3.05) is 5.32 Å². The molecule has 0 saturated heterocycles. The van der Waals surface area contributed by atoms with Crippen molar-refractivity contribution >= 4 is 17.3 Å². The molecule has 0 unspecified atom stereocenters. The second kappa shape index (κ2) is 6.52. The van der Waals surface area contributed by atoms with Gasteiger partial charge in [0.25, 0.3) is 0 Å². The number of carbonyl (C=O) groups excluding carboxylic acids is 2. The number of benzene rings is 2. The lowest BCUT2D eigenvalue weighted by Gasteiger charge is -2.02. The number of hydrogen-bond acceptors (Lipinski definition) is 4. The Labute approximate surface area is 122 Å². The third-order valence-corrected chi connectivity index (χ3v) is 2.95. The van der Waals surface area contributed by atoms with Gasteiger partial charge in [0.05, 0.1) is 5.56 Å². The summed E-state index contributed by atoms with van der Waals surface area (Å²) in [4.78, 5) is 23.0. The highest BCUT2D eigenvalue weighted by Crippen LogP contribution is 2.16. The Bertz CT molecular complexity index is 687. The van der Waals surface area contributed by atoms with Crippen LogP contribution in [0, 0.1) is 0 Å². The van der Waals surface area contributed by atoms with Gasteiger partial charge in [-0.15, -0.1) is 0 Å². The fourth-order valence-corrected chi connectivity index (χ4v) is 1.79. The summed E-state index contributed by atoms with van der Waals surface area (Å²) in [5.74, 6) is -0.328. The monoisotopic (exact) mass is 281 g/mol. The molecule has 0 aliphatic rings. The molecule has 21 heavy (non-hydrogen) atoms. The number of hydrogen-bond donors (Lipinski definition) is 2. The molecule has 4 heteroatoms. The molecule has 4 nitrogen and oxygen atoms in total. The number of anilines is 1. The topological polar surface area (TPSA) is 66.4 Å². The Morgan fingerprint density at radius 2 is 1.71 bits per heavy atom. The molecule has 0 atom stereocenters. The normalized spacial score (nSPS) is 10.5. The van der Waals surface area contributed by atoms with Crippen molar-refractivity contribution in [3.05, 3.63) is 71.9 Å². The summed E-state index contributed by atoms with van der Waals surface area (Å²) < 4.78 is 0. The number of Topliss-reactive ketones (excluding diaryl/α,β-unsaturated/α-hetero) is 1. The third-order valence-electron chi connectivity index (χ3n) is 2.95. The molecule has 2 N–H and O–H groups in total. The zero-order chi connectivity index (χ0) is 15.2. The van der Waals surface area contributed by atoms with Gasteiger partial charge in [-0.3, -0.25) is 9.59 Å². The first-order valence-corrected chi connectivity index (χ1v) is 6.44. The standard InChI is InChI=1S/C17H15NO3/c1-12(19)13-6-8-14(9-7-13)18-11-10-17(21)15-4-2-3-5-16(15)20/h2-11,18,20H,1H3/b11-10+. The van der Waals surface area contributed by atoms with Crippen LogP contribution in [0.4, 0.5) is 5.69 Å². The van der Waals surface area contributed by atoms with E-state index in [0.717, 1.165) is 5.69 Å². The molecule has 0 aliphatic heterocycles. The molecule has 0 aliphatic carbocycles. The van der Waals surface area contributed by atoms with Gasteiger partial charge in [-0.05, 0) is 43.3 Å². The third kappa shape index (κ3) is 3.79. The highest BCUT2D eigenvalue weighted by molar-refractivity contribution is 6.06. The van der Waals surface area contributed by atoms with Gasteiger partial charge in [0.2, 0.25) is 0 Å². The summed E-state index contributed by atoms with van der Waals surface area (Å²) in [7, 11) is 0. The SMILES string of the molecule is CC(=O)c1ccc(N/C=C/C(=O)c2ccccc2O)cc1. The Balaban J connectivity index is 2.01. The predicted octanol–water partition coefficient (Wildman–Crippen LogP) is 3.40. The van der Waals surface area contributed by atoms with Gasteiger partial charge < -0.3 is 10.4 Å². The first-order chi connectivity index (χ1) is 10.1. The van der Waals surface area contributed by atoms with Gasteiger partial charge in [0.1, 0.15) is 5.75 Å². The highest BCUT2D eigenvalue weighted by atomic mass is 16.3. The molecular weight excluding hydrogens is 266 g/mol. The van der Waals surface area contributed by atoms with Gasteiger partial charge in [-0.2, -0.15) is 0 Å². The summed E-state index contributed by atoms with van der Waals surface area (Å²) in [5, 5.41) is 12.5. The molecule has 0 bridgehead atoms. The Morgan fingerprint density at radius 1 is 1.05 bits per heavy atom. The maximum atomic E-state index is 11.9. The van der Waals surface area contributed by atoms with Crippen LogP contribution < -0.4 is 5.32 Å². The smallest absolute Gasteiger partial charge is 0.190 e. The van der Waals surface area contributed by atoms with Crippen LogP contribution in [0.25, 0.3) is 0 Å². The van der Waals surface area contributed by atoms with E-state index in [2.05, 4.69) is 5.32 Å². The Kier molecular flexibility index (Phi) is 4.51. The van der Waals surface area contributed by atoms with Gasteiger partial charge in [0.15, 0.2) is 11.6 Å².